The second-order valence-electron chi connectivity index (χ2n) is 7.03. The van der Waals surface area contributed by atoms with Gasteiger partial charge in [0.05, 0.1) is 6.42 Å². The summed E-state index contributed by atoms with van der Waals surface area (Å²) in [6, 6.07) is 6.02. The minimum absolute atomic E-state index is 0.0210. The third-order valence-corrected chi connectivity index (χ3v) is 7.23. The summed E-state index contributed by atoms with van der Waals surface area (Å²) in [6.07, 6.45) is 0.331. The zero-order valence-electron chi connectivity index (χ0n) is 16.2. The van der Waals surface area contributed by atoms with Crippen molar-refractivity contribution >= 4 is 15.9 Å². The molecule has 0 spiro atoms. The Labute approximate surface area is 160 Å². The normalized spacial score (nSPS) is 15.9. The first-order valence-corrected chi connectivity index (χ1v) is 10.4. The average Bonchev–Trinajstić information content (AvgIpc) is 2.97. The molecule has 2 heterocycles. The molecule has 1 amide bonds. The van der Waals surface area contributed by atoms with Crippen LogP contribution in [0.25, 0.3) is 0 Å². The number of benzene rings is 1. The minimum atomic E-state index is -3.66. The SMILES string of the molecule is Cc1ccc(CC(=O)N2CCN(S(=O)(=O)c3c(C)noc3C)CC2)cc1C. The van der Waals surface area contributed by atoms with Gasteiger partial charge in [-0.2, -0.15) is 4.31 Å². The van der Waals surface area contributed by atoms with Crippen LogP contribution >= 0.6 is 0 Å². The van der Waals surface area contributed by atoms with Crippen LogP contribution in [0.1, 0.15) is 28.1 Å². The Balaban J connectivity index is 1.64. The highest BCUT2D eigenvalue weighted by molar-refractivity contribution is 7.89. The van der Waals surface area contributed by atoms with Crippen LogP contribution in [0, 0.1) is 27.7 Å². The first-order valence-electron chi connectivity index (χ1n) is 8.97. The molecule has 7 nitrogen and oxygen atoms in total. The number of nitrogens with zero attached hydrogens (tertiary/aromatic N) is 3. The Morgan fingerprint density at radius 3 is 2.30 bits per heavy atom. The van der Waals surface area contributed by atoms with E-state index in [0.29, 0.717) is 31.0 Å². The first-order chi connectivity index (χ1) is 12.7. The van der Waals surface area contributed by atoms with Crippen molar-refractivity contribution in [2.75, 3.05) is 26.2 Å². The minimum Gasteiger partial charge on any atom is -0.360 e. The van der Waals surface area contributed by atoms with E-state index in [2.05, 4.69) is 5.16 Å². The summed E-state index contributed by atoms with van der Waals surface area (Å²) in [5, 5.41) is 3.74. The number of amides is 1. The molecule has 8 heteroatoms. The molecule has 0 saturated carbocycles. The summed E-state index contributed by atoms with van der Waals surface area (Å²) >= 11 is 0. The molecule has 3 rings (SSSR count). The fourth-order valence-corrected chi connectivity index (χ4v) is 5.06. The van der Waals surface area contributed by atoms with Crippen molar-refractivity contribution < 1.29 is 17.7 Å². The lowest BCUT2D eigenvalue weighted by Gasteiger charge is -2.34. The molecule has 2 aromatic rings. The molecule has 27 heavy (non-hydrogen) atoms. The van der Waals surface area contributed by atoms with Crippen LogP contribution in [0.4, 0.5) is 0 Å². The first kappa shape index (κ1) is 19.6. The highest BCUT2D eigenvalue weighted by Gasteiger charge is 2.34. The van der Waals surface area contributed by atoms with Crippen LogP contribution in [-0.2, 0) is 21.2 Å². The Kier molecular flexibility index (Phi) is 5.39. The van der Waals surface area contributed by atoms with E-state index in [9.17, 15) is 13.2 Å². The van der Waals surface area contributed by atoms with Gasteiger partial charge in [0.2, 0.25) is 15.9 Å². The van der Waals surface area contributed by atoms with E-state index in [1.54, 1.807) is 18.7 Å². The van der Waals surface area contributed by atoms with Crippen molar-refractivity contribution in [1.82, 2.24) is 14.4 Å². The third-order valence-electron chi connectivity index (χ3n) is 5.08. The van der Waals surface area contributed by atoms with Crippen molar-refractivity contribution in [3.05, 3.63) is 46.3 Å². The number of hydrogen-bond donors (Lipinski definition) is 0. The summed E-state index contributed by atoms with van der Waals surface area (Å²) in [5.41, 5.74) is 3.70. The maximum Gasteiger partial charge on any atom is 0.248 e. The Morgan fingerprint density at radius 1 is 1.07 bits per heavy atom. The fraction of sp³-hybridized carbons (Fsp3) is 0.474. The molecular formula is C19H25N3O4S. The number of aryl methyl sites for hydroxylation is 4. The molecule has 0 aliphatic carbocycles. The maximum atomic E-state index is 12.8. The molecule has 1 aromatic carbocycles. The molecular weight excluding hydrogens is 366 g/mol. The predicted octanol–water partition coefficient (Wildman–Crippen LogP) is 1.98. The largest absolute Gasteiger partial charge is 0.360 e. The fourth-order valence-electron chi connectivity index (χ4n) is 3.35. The smallest absolute Gasteiger partial charge is 0.248 e. The zero-order chi connectivity index (χ0) is 19.8. The van der Waals surface area contributed by atoms with Gasteiger partial charge in [-0.1, -0.05) is 23.4 Å². The van der Waals surface area contributed by atoms with Crippen LogP contribution in [0.2, 0.25) is 0 Å². The van der Waals surface area contributed by atoms with E-state index in [1.807, 2.05) is 32.0 Å². The molecule has 1 saturated heterocycles. The van der Waals surface area contributed by atoms with Gasteiger partial charge in [-0.15, -0.1) is 0 Å². The van der Waals surface area contributed by atoms with E-state index >= 15 is 0 Å². The molecule has 1 fully saturated rings. The number of sulfonamides is 1. The van der Waals surface area contributed by atoms with E-state index in [-0.39, 0.29) is 23.9 Å². The van der Waals surface area contributed by atoms with Crippen LogP contribution in [0.3, 0.4) is 0 Å². The molecule has 0 bridgehead atoms. The van der Waals surface area contributed by atoms with Gasteiger partial charge in [-0.3, -0.25) is 4.79 Å². The van der Waals surface area contributed by atoms with E-state index in [4.69, 9.17) is 4.52 Å². The second-order valence-corrected chi connectivity index (χ2v) is 8.91. The Hall–Kier alpha value is -2.19. The molecule has 0 radical (unpaired) electrons. The van der Waals surface area contributed by atoms with Crippen molar-refractivity contribution in [3.8, 4) is 0 Å². The third kappa shape index (κ3) is 3.91. The predicted molar refractivity (Wildman–Crippen MR) is 101 cm³/mol. The van der Waals surface area contributed by atoms with Gasteiger partial charge < -0.3 is 9.42 Å². The van der Waals surface area contributed by atoms with Gasteiger partial charge >= 0.3 is 0 Å². The van der Waals surface area contributed by atoms with Gasteiger partial charge in [0.1, 0.15) is 10.6 Å². The number of hydrogen-bond acceptors (Lipinski definition) is 5. The standard InChI is InChI=1S/C19H25N3O4S/c1-13-5-6-17(11-14(13)2)12-18(23)21-7-9-22(10-8-21)27(24,25)19-15(3)20-26-16(19)4/h5-6,11H,7-10,12H2,1-4H3. The van der Waals surface area contributed by atoms with Crippen molar-refractivity contribution in [1.29, 1.82) is 0 Å². The van der Waals surface area contributed by atoms with Gasteiger partial charge in [0.15, 0.2) is 5.76 Å². The van der Waals surface area contributed by atoms with Gasteiger partial charge in [-0.25, -0.2) is 8.42 Å². The van der Waals surface area contributed by atoms with Gasteiger partial charge in [-0.05, 0) is 44.4 Å². The van der Waals surface area contributed by atoms with Crippen LogP contribution in [0.15, 0.2) is 27.6 Å². The number of piperazine rings is 1. The molecule has 1 aliphatic rings. The average molecular weight is 391 g/mol. The Morgan fingerprint density at radius 2 is 1.74 bits per heavy atom. The molecule has 0 atom stereocenters. The lowest BCUT2D eigenvalue weighted by Crippen LogP contribution is -2.51. The van der Waals surface area contributed by atoms with Gasteiger partial charge in [0, 0.05) is 26.2 Å². The van der Waals surface area contributed by atoms with Crippen LogP contribution in [0.5, 0.6) is 0 Å². The van der Waals surface area contributed by atoms with E-state index in [1.165, 1.54) is 9.87 Å². The lowest BCUT2D eigenvalue weighted by atomic mass is 10.0. The highest BCUT2D eigenvalue weighted by Crippen LogP contribution is 2.24. The lowest BCUT2D eigenvalue weighted by molar-refractivity contribution is -0.131. The van der Waals surface area contributed by atoms with Crippen LogP contribution < -0.4 is 0 Å². The number of rotatable bonds is 4. The summed E-state index contributed by atoms with van der Waals surface area (Å²) in [4.78, 5) is 14.5. The molecule has 1 aliphatic heterocycles. The van der Waals surface area contributed by atoms with E-state index < -0.39 is 10.0 Å². The highest BCUT2D eigenvalue weighted by atomic mass is 32.2. The number of carbonyl (C=O) groups is 1. The topological polar surface area (TPSA) is 83.7 Å². The Bertz CT molecular complexity index is 938. The maximum absolute atomic E-state index is 12.8. The molecule has 146 valence electrons. The second kappa shape index (κ2) is 7.44. The van der Waals surface area contributed by atoms with Gasteiger partial charge in [0.25, 0.3) is 0 Å². The summed E-state index contributed by atoms with van der Waals surface area (Å²) in [5.74, 6) is 0.313. The quantitative estimate of drug-likeness (QED) is 0.796. The number of aromatic nitrogens is 1. The molecule has 0 unspecified atom stereocenters. The van der Waals surface area contributed by atoms with Crippen LogP contribution in [-0.4, -0.2) is 54.9 Å². The van der Waals surface area contributed by atoms with Crippen molar-refractivity contribution in [3.63, 3.8) is 0 Å². The van der Waals surface area contributed by atoms with E-state index in [0.717, 1.165) is 11.1 Å². The monoisotopic (exact) mass is 391 g/mol. The number of carbonyl (C=O) groups excluding carboxylic acids is 1. The zero-order valence-corrected chi connectivity index (χ0v) is 17.0. The summed E-state index contributed by atoms with van der Waals surface area (Å²) in [7, 11) is -3.66. The summed E-state index contributed by atoms with van der Waals surface area (Å²) in [6.45, 7) is 8.58. The molecule has 0 N–H and O–H groups in total. The van der Waals surface area contributed by atoms with Crippen molar-refractivity contribution in [2.45, 2.75) is 39.0 Å². The molecule has 1 aromatic heterocycles. The summed E-state index contributed by atoms with van der Waals surface area (Å²) < 4.78 is 32.1. The van der Waals surface area contributed by atoms with Crippen molar-refractivity contribution in [2.24, 2.45) is 0 Å².